The lowest BCUT2D eigenvalue weighted by Crippen LogP contribution is -2.20. The van der Waals surface area contributed by atoms with Gasteiger partial charge in [-0.3, -0.25) is 4.79 Å². The highest BCUT2D eigenvalue weighted by molar-refractivity contribution is 9.10. The molecule has 1 N–H and O–H groups in total. The molecule has 0 aliphatic rings. The van der Waals surface area contributed by atoms with E-state index < -0.39 is 17.6 Å². The highest BCUT2D eigenvalue weighted by atomic mass is 79.9. The Kier molecular flexibility index (Phi) is 5.54. The highest BCUT2D eigenvalue weighted by Gasteiger charge is 2.31. The molecule has 0 unspecified atom stereocenters. The minimum absolute atomic E-state index is 0.00925. The maximum Gasteiger partial charge on any atom is 0.416 e. The Morgan fingerprint density at radius 3 is 2.43 bits per heavy atom. The lowest BCUT2D eigenvalue weighted by Gasteiger charge is -2.12. The molecule has 1 amide bonds. The fourth-order valence-electron chi connectivity index (χ4n) is 1.66. The second-order valence-corrected chi connectivity index (χ2v) is 5.81. The summed E-state index contributed by atoms with van der Waals surface area (Å²) in [5.41, 5.74) is -1.02. The van der Waals surface area contributed by atoms with Crippen LogP contribution in [0.3, 0.4) is 0 Å². The highest BCUT2D eigenvalue weighted by Crippen LogP contribution is 2.33. The van der Waals surface area contributed by atoms with E-state index >= 15 is 0 Å². The molecule has 0 fully saturated rings. The zero-order valence-electron chi connectivity index (χ0n) is 11.5. The summed E-state index contributed by atoms with van der Waals surface area (Å²) in [6.45, 7) is -0.353. The fourth-order valence-corrected chi connectivity index (χ4v) is 2.09. The van der Waals surface area contributed by atoms with E-state index in [1.807, 2.05) is 0 Å². The van der Waals surface area contributed by atoms with Gasteiger partial charge in [-0.05, 0) is 42.5 Å². The number of hydrogen-bond donors (Lipinski definition) is 1. The van der Waals surface area contributed by atoms with Gasteiger partial charge in [0.15, 0.2) is 6.61 Å². The summed E-state index contributed by atoms with van der Waals surface area (Å²) in [5.74, 6) is -0.160. The van der Waals surface area contributed by atoms with Crippen molar-refractivity contribution >= 4 is 39.1 Å². The number of rotatable bonds is 4. The summed E-state index contributed by atoms with van der Waals surface area (Å²) in [5, 5.41) is 2.31. The SMILES string of the molecule is O=C(COc1ccc(Br)cc1)Nc1cc(C(F)(F)F)ccc1Cl. The number of amides is 1. The van der Waals surface area contributed by atoms with Crippen LogP contribution in [0.1, 0.15) is 5.56 Å². The molecule has 0 aliphatic carbocycles. The van der Waals surface area contributed by atoms with Crippen LogP contribution in [0.2, 0.25) is 5.02 Å². The van der Waals surface area contributed by atoms with Crippen LogP contribution in [0.5, 0.6) is 5.75 Å². The topological polar surface area (TPSA) is 38.3 Å². The second kappa shape index (κ2) is 7.23. The Bertz CT molecular complexity index is 705. The van der Waals surface area contributed by atoms with E-state index in [2.05, 4.69) is 21.2 Å². The van der Waals surface area contributed by atoms with Gasteiger partial charge in [0.25, 0.3) is 5.91 Å². The molecule has 23 heavy (non-hydrogen) atoms. The van der Waals surface area contributed by atoms with Crippen LogP contribution >= 0.6 is 27.5 Å². The standard InChI is InChI=1S/C15H10BrClF3NO2/c16-10-2-4-11(5-3-10)23-8-14(22)21-13-7-9(15(18,19)20)1-6-12(13)17/h1-7H,8H2,(H,21,22). The molecular weight excluding hydrogens is 399 g/mol. The summed E-state index contributed by atoms with van der Waals surface area (Å²) in [6, 6.07) is 9.46. The van der Waals surface area contributed by atoms with Crippen molar-refractivity contribution in [3.05, 3.63) is 57.5 Å². The molecule has 0 aromatic heterocycles. The van der Waals surface area contributed by atoms with E-state index in [1.54, 1.807) is 24.3 Å². The summed E-state index contributed by atoms with van der Waals surface area (Å²) in [6.07, 6.45) is -4.52. The molecule has 2 rings (SSSR count). The number of carbonyl (C=O) groups excluding carboxylic acids is 1. The third-order valence-corrected chi connectivity index (χ3v) is 3.61. The van der Waals surface area contributed by atoms with Gasteiger partial charge < -0.3 is 10.1 Å². The number of hydrogen-bond acceptors (Lipinski definition) is 2. The van der Waals surface area contributed by atoms with Gasteiger partial charge in [0.1, 0.15) is 5.75 Å². The number of ether oxygens (including phenoxy) is 1. The first-order valence-electron chi connectivity index (χ1n) is 6.30. The van der Waals surface area contributed by atoms with Crippen molar-refractivity contribution in [3.63, 3.8) is 0 Å². The van der Waals surface area contributed by atoms with Crippen LogP contribution in [-0.4, -0.2) is 12.5 Å². The molecule has 0 atom stereocenters. The van der Waals surface area contributed by atoms with Crippen molar-refractivity contribution < 1.29 is 22.7 Å². The van der Waals surface area contributed by atoms with Crippen LogP contribution in [0.4, 0.5) is 18.9 Å². The number of halogens is 5. The molecule has 122 valence electrons. The Hall–Kier alpha value is -1.73. The van der Waals surface area contributed by atoms with Crippen molar-refractivity contribution in [2.45, 2.75) is 6.18 Å². The number of anilines is 1. The molecule has 2 aromatic rings. The smallest absolute Gasteiger partial charge is 0.416 e. The summed E-state index contributed by atoms with van der Waals surface area (Å²) in [7, 11) is 0. The van der Waals surface area contributed by atoms with Crippen molar-refractivity contribution in [2.24, 2.45) is 0 Å². The van der Waals surface area contributed by atoms with Gasteiger partial charge in [-0.25, -0.2) is 0 Å². The van der Waals surface area contributed by atoms with E-state index in [9.17, 15) is 18.0 Å². The Labute approximate surface area is 143 Å². The monoisotopic (exact) mass is 407 g/mol. The fraction of sp³-hybridized carbons (Fsp3) is 0.133. The Morgan fingerprint density at radius 2 is 1.83 bits per heavy atom. The predicted molar refractivity (Wildman–Crippen MR) is 84.7 cm³/mol. The summed E-state index contributed by atoms with van der Waals surface area (Å²) >= 11 is 9.06. The van der Waals surface area contributed by atoms with Gasteiger partial charge in [-0.2, -0.15) is 13.2 Å². The van der Waals surface area contributed by atoms with Gasteiger partial charge in [0, 0.05) is 4.47 Å². The van der Waals surface area contributed by atoms with E-state index in [0.717, 1.165) is 22.7 Å². The Morgan fingerprint density at radius 1 is 1.17 bits per heavy atom. The van der Waals surface area contributed by atoms with Crippen LogP contribution in [0.15, 0.2) is 46.9 Å². The molecule has 8 heteroatoms. The van der Waals surface area contributed by atoms with Gasteiger partial charge in [-0.15, -0.1) is 0 Å². The zero-order valence-corrected chi connectivity index (χ0v) is 13.8. The number of nitrogens with one attached hydrogen (secondary N) is 1. The third kappa shape index (κ3) is 5.14. The average molecular weight is 409 g/mol. The number of alkyl halides is 3. The first-order valence-corrected chi connectivity index (χ1v) is 7.48. The molecule has 3 nitrogen and oxygen atoms in total. The van der Waals surface area contributed by atoms with Gasteiger partial charge >= 0.3 is 6.18 Å². The lowest BCUT2D eigenvalue weighted by atomic mass is 10.2. The van der Waals surface area contributed by atoms with Crippen molar-refractivity contribution in [1.29, 1.82) is 0 Å². The maximum atomic E-state index is 12.7. The molecule has 0 saturated heterocycles. The maximum absolute atomic E-state index is 12.7. The average Bonchev–Trinajstić information content (AvgIpc) is 2.48. The first kappa shape index (κ1) is 17.6. The lowest BCUT2D eigenvalue weighted by molar-refractivity contribution is -0.137. The van der Waals surface area contributed by atoms with E-state index in [-0.39, 0.29) is 17.3 Å². The number of carbonyl (C=O) groups is 1. The predicted octanol–water partition coefficient (Wildman–Crippen LogP) is 5.14. The van der Waals surface area contributed by atoms with Crippen molar-refractivity contribution in [2.75, 3.05) is 11.9 Å². The summed E-state index contributed by atoms with van der Waals surface area (Å²) in [4.78, 5) is 11.8. The normalized spacial score (nSPS) is 11.2. The molecule has 0 bridgehead atoms. The number of benzene rings is 2. The third-order valence-electron chi connectivity index (χ3n) is 2.75. The van der Waals surface area contributed by atoms with Gasteiger partial charge in [0.2, 0.25) is 0 Å². The molecule has 0 aliphatic heterocycles. The van der Waals surface area contributed by atoms with E-state index in [0.29, 0.717) is 5.75 Å². The minimum Gasteiger partial charge on any atom is -0.484 e. The minimum atomic E-state index is -4.52. The van der Waals surface area contributed by atoms with E-state index in [4.69, 9.17) is 16.3 Å². The molecule has 0 spiro atoms. The van der Waals surface area contributed by atoms with Crippen LogP contribution in [0.25, 0.3) is 0 Å². The zero-order chi connectivity index (χ0) is 17.0. The summed E-state index contributed by atoms with van der Waals surface area (Å²) < 4.78 is 44.1. The first-order chi connectivity index (χ1) is 10.8. The van der Waals surface area contributed by atoms with Gasteiger partial charge in [0.05, 0.1) is 16.3 Å². The molecule has 0 radical (unpaired) electrons. The van der Waals surface area contributed by atoms with Crippen LogP contribution in [0, 0.1) is 0 Å². The van der Waals surface area contributed by atoms with Crippen molar-refractivity contribution in [3.8, 4) is 5.75 Å². The van der Waals surface area contributed by atoms with Crippen LogP contribution < -0.4 is 10.1 Å². The molecule has 0 saturated carbocycles. The molecule has 2 aromatic carbocycles. The quantitative estimate of drug-likeness (QED) is 0.761. The van der Waals surface area contributed by atoms with Gasteiger partial charge in [-0.1, -0.05) is 27.5 Å². The largest absolute Gasteiger partial charge is 0.484 e. The molecular formula is C15H10BrClF3NO2. The Balaban J connectivity index is 2.01. The second-order valence-electron chi connectivity index (χ2n) is 4.48. The van der Waals surface area contributed by atoms with Crippen LogP contribution in [-0.2, 0) is 11.0 Å². The van der Waals surface area contributed by atoms with E-state index in [1.165, 1.54) is 0 Å². The van der Waals surface area contributed by atoms with Crippen molar-refractivity contribution in [1.82, 2.24) is 0 Å². The molecule has 0 heterocycles.